The Morgan fingerprint density at radius 2 is 1.59 bits per heavy atom. The number of hydrogen-bond acceptors (Lipinski definition) is 3. The monoisotopic (exact) mass is 403 g/mol. The lowest BCUT2D eigenvalue weighted by Gasteiger charge is -2.41. The van der Waals surface area contributed by atoms with E-state index in [0.717, 1.165) is 44.2 Å². The fourth-order valence-electron chi connectivity index (χ4n) is 3.79. The summed E-state index contributed by atoms with van der Waals surface area (Å²) in [5.74, 6) is -0.148. The molecule has 0 bridgehead atoms. The van der Waals surface area contributed by atoms with E-state index in [0.29, 0.717) is 12.0 Å². The number of likely N-dealkylation sites (tertiary alicyclic amines) is 1. The molecule has 1 aliphatic heterocycles. The summed E-state index contributed by atoms with van der Waals surface area (Å²) in [5, 5.41) is -0.726. The molecule has 1 heterocycles. The highest BCUT2D eigenvalue weighted by Gasteiger charge is 2.43. The van der Waals surface area contributed by atoms with Crippen LogP contribution in [0.4, 0.5) is 13.2 Å². The second-order valence-electron chi connectivity index (χ2n) is 7.46. The lowest BCUT2D eigenvalue weighted by atomic mass is 10.0. The van der Waals surface area contributed by atoms with Crippen molar-refractivity contribution in [3.63, 3.8) is 0 Å². The molecule has 0 aromatic heterocycles. The third kappa shape index (κ3) is 4.65. The molecular weight excluding hydrogens is 379 g/mol. The summed E-state index contributed by atoms with van der Waals surface area (Å²) in [5.41, 5.74) is -0.0562. The van der Waals surface area contributed by atoms with Crippen LogP contribution in [0.15, 0.2) is 24.3 Å². The van der Waals surface area contributed by atoms with Crippen molar-refractivity contribution in [1.29, 1.82) is 0 Å². The molecule has 8 heteroatoms. The summed E-state index contributed by atoms with van der Waals surface area (Å²) in [7, 11) is -3.18. The lowest BCUT2D eigenvalue weighted by Crippen LogP contribution is -2.58. The molecule has 3 rings (SSSR count). The van der Waals surface area contributed by atoms with Crippen LogP contribution < -0.4 is 0 Å². The van der Waals surface area contributed by atoms with Crippen molar-refractivity contribution in [2.45, 2.75) is 61.6 Å². The zero-order valence-corrected chi connectivity index (χ0v) is 15.9. The van der Waals surface area contributed by atoms with E-state index < -0.39 is 26.8 Å². The molecule has 1 saturated heterocycles. The van der Waals surface area contributed by atoms with Gasteiger partial charge in [0.05, 0.1) is 16.1 Å². The highest BCUT2D eigenvalue weighted by molar-refractivity contribution is 7.92. The number of amides is 1. The molecule has 0 radical (unpaired) electrons. The predicted molar refractivity (Wildman–Crippen MR) is 95.9 cm³/mol. The number of benzene rings is 1. The second-order valence-corrected chi connectivity index (χ2v) is 9.98. The first-order chi connectivity index (χ1) is 12.7. The first kappa shape index (κ1) is 20.2. The number of halogens is 3. The molecule has 1 aliphatic carbocycles. The van der Waals surface area contributed by atoms with Gasteiger partial charge in [0, 0.05) is 19.5 Å². The number of rotatable bonds is 5. The van der Waals surface area contributed by atoms with Gasteiger partial charge in [-0.15, -0.1) is 0 Å². The summed E-state index contributed by atoms with van der Waals surface area (Å²) in [6.07, 6.45) is 0.575. The Kier molecular flexibility index (Phi) is 5.84. The van der Waals surface area contributed by atoms with Gasteiger partial charge < -0.3 is 4.90 Å². The molecule has 4 nitrogen and oxygen atoms in total. The molecule has 1 aromatic rings. The molecule has 1 saturated carbocycles. The van der Waals surface area contributed by atoms with Crippen LogP contribution in [0.3, 0.4) is 0 Å². The molecule has 150 valence electrons. The molecule has 0 N–H and O–H groups in total. The summed E-state index contributed by atoms with van der Waals surface area (Å²) >= 11 is 0. The van der Waals surface area contributed by atoms with E-state index in [1.165, 1.54) is 17.0 Å². The van der Waals surface area contributed by atoms with Gasteiger partial charge >= 0.3 is 6.18 Å². The van der Waals surface area contributed by atoms with Crippen molar-refractivity contribution in [1.82, 2.24) is 4.90 Å². The number of carbonyl (C=O) groups is 1. The van der Waals surface area contributed by atoms with E-state index in [9.17, 15) is 26.4 Å². The van der Waals surface area contributed by atoms with Crippen LogP contribution in [-0.2, 0) is 27.2 Å². The molecule has 0 unspecified atom stereocenters. The van der Waals surface area contributed by atoms with E-state index in [1.54, 1.807) is 0 Å². The van der Waals surface area contributed by atoms with Gasteiger partial charge in [0.2, 0.25) is 5.91 Å². The van der Waals surface area contributed by atoms with Gasteiger partial charge in [-0.3, -0.25) is 4.79 Å². The fraction of sp³-hybridized carbons (Fsp3) is 0.632. The summed E-state index contributed by atoms with van der Waals surface area (Å²) in [4.78, 5) is 13.8. The summed E-state index contributed by atoms with van der Waals surface area (Å²) in [6, 6.07) is 4.78. The van der Waals surface area contributed by atoms with Crippen molar-refractivity contribution < 1.29 is 26.4 Å². The molecule has 0 spiro atoms. The number of alkyl halides is 3. The van der Waals surface area contributed by atoms with Crippen LogP contribution in [-0.4, -0.2) is 42.8 Å². The Morgan fingerprint density at radius 3 is 2.15 bits per heavy atom. The van der Waals surface area contributed by atoms with E-state index in [1.807, 2.05) is 0 Å². The number of aryl methyl sites for hydroxylation is 1. The van der Waals surface area contributed by atoms with E-state index in [-0.39, 0.29) is 30.7 Å². The quantitative estimate of drug-likeness (QED) is 0.755. The predicted octanol–water partition coefficient (Wildman–Crippen LogP) is 3.60. The van der Waals surface area contributed by atoms with Crippen molar-refractivity contribution in [3.05, 3.63) is 35.4 Å². The molecule has 2 aliphatic rings. The average Bonchev–Trinajstić information content (AvgIpc) is 2.59. The minimum atomic E-state index is -4.37. The molecule has 0 atom stereocenters. The lowest BCUT2D eigenvalue weighted by molar-refractivity contribution is -0.137. The van der Waals surface area contributed by atoms with Crippen LogP contribution >= 0.6 is 0 Å². The maximum Gasteiger partial charge on any atom is 0.416 e. The van der Waals surface area contributed by atoms with Crippen molar-refractivity contribution in [2.75, 3.05) is 13.1 Å². The van der Waals surface area contributed by atoms with Gasteiger partial charge in [0.25, 0.3) is 0 Å². The Morgan fingerprint density at radius 1 is 1.00 bits per heavy atom. The molecule has 1 amide bonds. The SMILES string of the molecule is O=C(CCc1ccc(C(F)(F)F)cc1)N1CC(S(=O)(=O)C2CCCCC2)C1. The Bertz CT molecular complexity index is 762. The van der Waals surface area contributed by atoms with Crippen LogP contribution in [0, 0.1) is 0 Å². The minimum absolute atomic E-state index is 0.148. The fourth-order valence-corrected chi connectivity index (χ4v) is 6.10. The summed E-state index contributed by atoms with van der Waals surface area (Å²) in [6.45, 7) is 0.482. The average molecular weight is 403 g/mol. The highest BCUT2D eigenvalue weighted by Crippen LogP contribution is 2.31. The number of carbonyl (C=O) groups excluding carboxylic acids is 1. The second kappa shape index (κ2) is 7.81. The van der Waals surface area contributed by atoms with Gasteiger partial charge in [0.1, 0.15) is 0 Å². The van der Waals surface area contributed by atoms with Crippen LogP contribution in [0.2, 0.25) is 0 Å². The van der Waals surface area contributed by atoms with Gasteiger partial charge in [-0.05, 0) is 37.0 Å². The van der Waals surface area contributed by atoms with Gasteiger partial charge in [-0.1, -0.05) is 31.4 Å². The normalized spacial score (nSPS) is 19.7. The van der Waals surface area contributed by atoms with Crippen molar-refractivity contribution >= 4 is 15.7 Å². The molecular formula is C19H24F3NO3S. The topological polar surface area (TPSA) is 54.5 Å². The smallest absolute Gasteiger partial charge is 0.340 e. The molecule has 2 fully saturated rings. The zero-order chi connectivity index (χ0) is 19.7. The number of nitrogens with zero attached hydrogens (tertiary/aromatic N) is 1. The van der Waals surface area contributed by atoms with E-state index in [4.69, 9.17) is 0 Å². The molecule has 27 heavy (non-hydrogen) atoms. The Balaban J connectivity index is 1.46. The van der Waals surface area contributed by atoms with Crippen molar-refractivity contribution in [3.8, 4) is 0 Å². The van der Waals surface area contributed by atoms with Gasteiger partial charge in [0.15, 0.2) is 9.84 Å². The third-order valence-corrected chi connectivity index (χ3v) is 8.22. The van der Waals surface area contributed by atoms with Crippen molar-refractivity contribution in [2.24, 2.45) is 0 Å². The first-order valence-corrected chi connectivity index (χ1v) is 11.0. The van der Waals surface area contributed by atoms with E-state index in [2.05, 4.69) is 0 Å². The number of sulfone groups is 1. The van der Waals surface area contributed by atoms with E-state index >= 15 is 0 Å². The third-order valence-electron chi connectivity index (χ3n) is 5.59. The first-order valence-electron chi connectivity index (χ1n) is 9.34. The summed E-state index contributed by atoms with van der Waals surface area (Å²) < 4.78 is 62.8. The maximum atomic E-state index is 12.6. The Labute approximate surface area is 157 Å². The largest absolute Gasteiger partial charge is 0.416 e. The van der Waals surface area contributed by atoms with Crippen LogP contribution in [0.1, 0.15) is 49.7 Å². The minimum Gasteiger partial charge on any atom is -0.340 e. The van der Waals surface area contributed by atoms with Crippen LogP contribution in [0.5, 0.6) is 0 Å². The molecule has 1 aromatic carbocycles. The van der Waals surface area contributed by atoms with Gasteiger partial charge in [-0.25, -0.2) is 8.42 Å². The zero-order valence-electron chi connectivity index (χ0n) is 15.0. The Hall–Kier alpha value is -1.57. The maximum absolute atomic E-state index is 12.6. The van der Waals surface area contributed by atoms with Crippen LogP contribution in [0.25, 0.3) is 0 Å². The van der Waals surface area contributed by atoms with Gasteiger partial charge in [-0.2, -0.15) is 13.2 Å². The highest BCUT2D eigenvalue weighted by atomic mass is 32.2. The number of hydrogen-bond donors (Lipinski definition) is 0. The standard InChI is InChI=1S/C19H24F3NO3S/c20-19(21,22)15-9-6-14(7-10-15)8-11-18(24)23-12-17(13-23)27(25,26)16-4-2-1-3-5-16/h6-7,9-10,16-17H,1-5,8,11-13H2.